The van der Waals surface area contributed by atoms with Gasteiger partial charge in [-0.1, -0.05) is 48.8 Å². The van der Waals surface area contributed by atoms with Crippen molar-refractivity contribution in [2.75, 3.05) is 0 Å². The largest absolute Gasteiger partial charge is 0.387 e. The van der Waals surface area contributed by atoms with Crippen molar-refractivity contribution in [3.8, 4) is 0 Å². The topological polar surface area (TPSA) is 64.7 Å². The number of aliphatic imine (C=N–C) groups is 1. The normalized spacial score (nSPS) is 34.5. The summed E-state index contributed by atoms with van der Waals surface area (Å²) in [5, 5.41) is 0. The van der Waals surface area contributed by atoms with E-state index in [4.69, 9.17) is 15.5 Å². The van der Waals surface area contributed by atoms with E-state index < -0.39 is 11.9 Å². The van der Waals surface area contributed by atoms with Crippen LogP contribution in [0.3, 0.4) is 0 Å². The molecule has 1 aliphatic heterocycles. The van der Waals surface area contributed by atoms with Crippen LogP contribution in [0.5, 0.6) is 0 Å². The van der Waals surface area contributed by atoms with Gasteiger partial charge < -0.3 is 10.5 Å². The van der Waals surface area contributed by atoms with Crippen LogP contribution in [0.4, 0.5) is 4.39 Å². The van der Waals surface area contributed by atoms with Gasteiger partial charge in [-0.05, 0) is 67.7 Å². The fraction of sp³-hybridized carbons (Fsp3) is 0.630. The van der Waals surface area contributed by atoms with Gasteiger partial charge in [0.25, 0.3) is 0 Å². The molecule has 4 nitrogen and oxygen atoms in total. The molecule has 1 heterocycles. The number of carbonyl (C=O) groups is 1. The maximum atomic E-state index is 14.5. The van der Waals surface area contributed by atoms with Crippen LogP contribution in [0.1, 0.15) is 70.4 Å². The number of carbonyl (C=O) groups excluding carboxylic acids is 1. The van der Waals surface area contributed by atoms with E-state index in [0.29, 0.717) is 24.6 Å². The third-order valence-corrected chi connectivity index (χ3v) is 8.62. The minimum atomic E-state index is -1.33. The number of benzene rings is 1. The third kappa shape index (κ3) is 4.12. The number of rotatable bonds is 6. The van der Waals surface area contributed by atoms with Crippen LogP contribution in [0.15, 0.2) is 40.3 Å². The van der Waals surface area contributed by atoms with E-state index in [9.17, 15) is 9.18 Å². The van der Waals surface area contributed by atoms with E-state index in [2.05, 4.69) is 48.5 Å². The minimum Gasteiger partial charge on any atom is -0.387 e. The molecule has 0 bridgehead atoms. The number of nitrogens with two attached hydrogens (primary N) is 1. The summed E-state index contributed by atoms with van der Waals surface area (Å²) < 4.78 is 20.7. The standard InChI is InChI=1S/C27H36BrFN2O2/c1-5-6-23(29)33-20-9-11-26(12-10-20)15-18-7-8-19(28)14-22(18)27(26)24(32)21(13-16(2)3)17(4)25(30)31-27/h5,7-8,14,16-17,20-21,23H,1,6,9-13,15H2,2-4H3,(H2,30,31). The Bertz CT molecular complexity index is 953. The molecule has 0 saturated heterocycles. The smallest absolute Gasteiger partial charge is 0.202 e. The molecule has 0 radical (unpaired) electrons. The first kappa shape index (κ1) is 24.6. The van der Waals surface area contributed by atoms with Gasteiger partial charge in [-0.3, -0.25) is 9.79 Å². The maximum Gasteiger partial charge on any atom is 0.202 e. The molecule has 4 unspecified atom stereocenters. The summed E-state index contributed by atoms with van der Waals surface area (Å²) in [4.78, 5) is 19.6. The predicted molar refractivity (Wildman–Crippen MR) is 134 cm³/mol. The van der Waals surface area contributed by atoms with E-state index >= 15 is 0 Å². The van der Waals surface area contributed by atoms with E-state index in [0.717, 1.165) is 35.7 Å². The van der Waals surface area contributed by atoms with E-state index in [1.165, 1.54) is 5.56 Å². The number of nitrogens with zero attached hydrogens (tertiary/aromatic N) is 1. The Morgan fingerprint density at radius 3 is 2.70 bits per heavy atom. The number of Topliss-reactive ketones (excluding diaryl/α,β-unsaturated/α-hetero) is 1. The molecule has 2 aliphatic carbocycles. The lowest BCUT2D eigenvalue weighted by Gasteiger charge is -2.51. The average molecular weight is 519 g/mol. The molecule has 1 aromatic rings. The second kappa shape index (κ2) is 9.26. The van der Waals surface area contributed by atoms with Crippen molar-refractivity contribution >= 4 is 27.5 Å². The number of halogens is 2. The molecule has 4 rings (SSSR count). The number of fused-ring (bicyclic) bond motifs is 3. The molecule has 180 valence electrons. The summed E-state index contributed by atoms with van der Waals surface area (Å²) >= 11 is 3.62. The van der Waals surface area contributed by atoms with Crippen LogP contribution < -0.4 is 5.73 Å². The summed E-state index contributed by atoms with van der Waals surface area (Å²) in [5.41, 5.74) is 7.43. The van der Waals surface area contributed by atoms with Crippen LogP contribution in [0.25, 0.3) is 0 Å². The van der Waals surface area contributed by atoms with Crippen LogP contribution in [0.2, 0.25) is 0 Å². The van der Waals surface area contributed by atoms with Crippen LogP contribution in [0, 0.1) is 23.2 Å². The van der Waals surface area contributed by atoms with Crippen LogP contribution >= 0.6 is 15.9 Å². The summed E-state index contributed by atoms with van der Waals surface area (Å²) in [5.74, 6) is 0.967. The fourth-order valence-corrected chi connectivity index (χ4v) is 6.84. The molecule has 6 heteroatoms. The number of ether oxygens (including phenoxy) is 1. The van der Waals surface area contributed by atoms with Crippen molar-refractivity contribution in [2.24, 2.45) is 33.9 Å². The fourth-order valence-electron chi connectivity index (χ4n) is 6.48. The molecule has 2 N–H and O–H groups in total. The molecular formula is C27H36BrFN2O2. The van der Waals surface area contributed by atoms with Crippen molar-refractivity contribution in [3.05, 3.63) is 46.5 Å². The molecule has 4 atom stereocenters. The third-order valence-electron chi connectivity index (χ3n) is 8.13. The van der Waals surface area contributed by atoms with Gasteiger partial charge in [-0.15, -0.1) is 6.58 Å². The van der Waals surface area contributed by atoms with Gasteiger partial charge in [-0.25, -0.2) is 4.39 Å². The summed E-state index contributed by atoms with van der Waals surface area (Å²) in [7, 11) is 0. The second-order valence-corrected chi connectivity index (χ2v) is 11.6. The first-order valence-corrected chi connectivity index (χ1v) is 13.0. The van der Waals surface area contributed by atoms with Gasteiger partial charge in [0.05, 0.1) is 11.9 Å². The number of amidine groups is 1. The van der Waals surface area contributed by atoms with Gasteiger partial charge in [-0.2, -0.15) is 0 Å². The quantitative estimate of drug-likeness (QED) is 0.452. The molecule has 0 amide bonds. The number of hydrogen-bond acceptors (Lipinski definition) is 4. The van der Waals surface area contributed by atoms with Crippen LogP contribution in [-0.2, 0) is 21.5 Å². The average Bonchev–Trinajstić information content (AvgIpc) is 3.01. The zero-order chi connectivity index (χ0) is 24.0. The zero-order valence-electron chi connectivity index (χ0n) is 19.9. The molecule has 0 aromatic heterocycles. The predicted octanol–water partition coefficient (Wildman–Crippen LogP) is 6.26. The second-order valence-electron chi connectivity index (χ2n) is 10.7. The molecule has 1 fully saturated rings. The van der Waals surface area contributed by atoms with E-state index in [-0.39, 0.29) is 35.6 Å². The Kier molecular flexibility index (Phi) is 6.90. The molecule has 33 heavy (non-hydrogen) atoms. The SMILES string of the molecule is C=CCC(F)OC1CCC2(CC1)Cc1ccc(Br)cc1C21N=C(N)C(C)C(CC(C)C)C1=O. The lowest BCUT2D eigenvalue weighted by atomic mass is 9.56. The lowest BCUT2D eigenvalue weighted by Crippen LogP contribution is -2.58. The number of hydrogen-bond donors (Lipinski definition) is 1. The van der Waals surface area contributed by atoms with Crippen molar-refractivity contribution in [2.45, 2.75) is 83.7 Å². The number of alkyl halides is 1. The minimum absolute atomic E-state index is 0.0651. The van der Waals surface area contributed by atoms with Gasteiger partial charge >= 0.3 is 0 Å². The summed E-state index contributed by atoms with van der Waals surface area (Å²) in [6, 6.07) is 6.23. The highest BCUT2D eigenvalue weighted by atomic mass is 79.9. The maximum absolute atomic E-state index is 14.5. The van der Waals surface area contributed by atoms with Gasteiger partial charge in [0.1, 0.15) is 0 Å². The highest BCUT2D eigenvalue weighted by Crippen LogP contribution is 2.63. The lowest BCUT2D eigenvalue weighted by molar-refractivity contribution is -0.142. The summed E-state index contributed by atoms with van der Waals surface area (Å²) in [6.45, 7) is 9.94. The van der Waals surface area contributed by atoms with Gasteiger partial charge in [0, 0.05) is 28.1 Å². The molecule has 1 aromatic carbocycles. The summed E-state index contributed by atoms with van der Waals surface area (Å²) in [6.07, 6.45) is 4.79. The molecular weight excluding hydrogens is 483 g/mol. The Morgan fingerprint density at radius 1 is 1.36 bits per heavy atom. The van der Waals surface area contributed by atoms with Crippen molar-refractivity contribution in [1.82, 2.24) is 0 Å². The molecule has 2 spiro atoms. The van der Waals surface area contributed by atoms with Gasteiger partial charge in [0.2, 0.25) is 6.36 Å². The Hall–Kier alpha value is -1.53. The monoisotopic (exact) mass is 518 g/mol. The highest BCUT2D eigenvalue weighted by Gasteiger charge is 2.65. The highest BCUT2D eigenvalue weighted by molar-refractivity contribution is 9.10. The van der Waals surface area contributed by atoms with Crippen molar-refractivity contribution < 1.29 is 13.9 Å². The van der Waals surface area contributed by atoms with E-state index in [1.54, 1.807) is 6.08 Å². The van der Waals surface area contributed by atoms with Crippen molar-refractivity contribution in [3.63, 3.8) is 0 Å². The Labute approximate surface area is 205 Å². The first-order valence-electron chi connectivity index (χ1n) is 12.2. The van der Waals surface area contributed by atoms with E-state index in [1.807, 2.05) is 13.0 Å². The Morgan fingerprint density at radius 2 is 2.06 bits per heavy atom. The Balaban J connectivity index is 1.76. The molecule has 1 saturated carbocycles. The van der Waals surface area contributed by atoms with Crippen molar-refractivity contribution in [1.29, 1.82) is 0 Å². The zero-order valence-corrected chi connectivity index (χ0v) is 21.5. The first-order chi connectivity index (χ1) is 15.6. The number of ketones is 1. The van der Waals surface area contributed by atoms with Crippen LogP contribution in [-0.4, -0.2) is 24.1 Å². The van der Waals surface area contributed by atoms with Gasteiger partial charge in [0.15, 0.2) is 11.3 Å². The molecule has 3 aliphatic rings.